The Balaban J connectivity index is 1.37. The molecule has 40 heavy (non-hydrogen) atoms. The molecule has 0 aliphatic carbocycles. The van der Waals surface area contributed by atoms with Gasteiger partial charge < -0.3 is 20.1 Å². The minimum atomic E-state index is -1.23. The molecule has 2 amide bonds. The molecule has 0 radical (unpaired) electrons. The van der Waals surface area contributed by atoms with E-state index < -0.39 is 24.0 Å². The zero-order valence-electron chi connectivity index (χ0n) is 21.6. The van der Waals surface area contributed by atoms with Crippen LogP contribution in [0.2, 0.25) is 0 Å². The van der Waals surface area contributed by atoms with Gasteiger partial charge in [0, 0.05) is 5.69 Å². The summed E-state index contributed by atoms with van der Waals surface area (Å²) in [6.45, 7) is 0.0594. The van der Waals surface area contributed by atoms with Crippen molar-refractivity contribution < 1.29 is 23.9 Å². The molecular weight excluding hydrogens is 508 g/mol. The summed E-state index contributed by atoms with van der Waals surface area (Å²) in [6, 6.07) is 33.0. The number of anilines is 1. The van der Waals surface area contributed by atoms with Gasteiger partial charge in [-0.1, -0.05) is 78.9 Å². The van der Waals surface area contributed by atoms with Crippen molar-refractivity contribution in [2.24, 2.45) is 10.2 Å². The van der Waals surface area contributed by atoms with Gasteiger partial charge in [-0.05, 0) is 47.5 Å². The predicted molar refractivity (Wildman–Crippen MR) is 150 cm³/mol. The van der Waals surface area contributed by atoms with Gasteiger partial charge >= 0.3 is 12.1 Å². The summed E-state index contributed by atoms with van der Waals surface area (Å²) in [4.78, 5) is 38.1. The molecule has 0 aromatic heterocycles. The largest absolute Gasteiger partial charge is 0.461 e. The van der Waals surface area contributed by atoms with Crippen LogP contribution in [0.3, 0.4) is 0 Å². The maximum absolute atomic E-state index is 13.1. The van der Waals surface area contributed by atoms with Crippen molar-refractivity contribution in [2.45, 2.75) is 25.7 Å². The molecule has 0 fully saturated rings. The summed E-state index contributed by atoms with van der Waals surface area (Å²) in [7, 11) is 0. The smallest absolute Gasteiger partial charge is 0.408 e. The first-order valence-electron chi connectivity index (χ1n) is 12.6. The van der Waals surface area contributed by atoms with Crippen LogP contribution in [0.1, 0.15) is 17.5 Å². The van der Waals surface area contributed by atoms with Crippen LogP contribution in [0.25, 0.3) is 0 Å². The second-order valence-corrected chi connectivity index (χ2v) is 8.68. The Bertz CT molecular complexity index is 1360. The van der Waals surface area contributed by atoms with Crippen LogP contribution in [-0.2, 0) is 32.3 Å². The lowest BCUT2D eigenvalue weighted by atomic mass is 10.2. The molecule has 4 aromatic rings. The molecule has 0 saturated carbocycles. The average molecular weight is 537 g/mol. The minimum Gasteiger partial charge on any atom is -0.461 e. The van der Waals surface area contributed by atoms with Crippen molar-refractivity contribution in [1.82, 2.24) is 5.32 Å². The Hall–Kier alpha value is -5.31. The van der Waals surface area contributed by atoms with Crippen molar-refractivity contribution >= 4 is 35.0 Å². The number of ether oxygens (including phenoxy) is 2. The molecular formula is C31H28N4O5. The van der Waals surface area contributed by atoms with Crippen molar-refractivity contribution in [3.8, 4) is 0 Å². The zero-order valence-corrected chi connectivity index (χ0v) is 21.6. The molecule has 202 valence electrons. The summed E-state index contributed by atoms with van der Waals surface area (Å²) in [5, 5.41) is 13.5. The van der Waals surface area contributed by atoms with Gasteiger partial charge in [0.05, 0.1) is 17.8 Å². The van der Waals surface area contributed by atoms with Gasteiger partial charge in [0.1, 0.15) is 19.3 Å². The molecule has 0 aliphatic heterocycles. The number of nitrogens with zero attached hydrogens (tertiary/aromatic N) is 2. The van der Waals surface area contributed by atoms with E-state index in [4.69, 9.17) is 9.47 Å². The highest BCUT2D eigenvalue weighted by molar-refractivity contribution is 5.98. The van der Waals surface area contributed by atoms with Crippen LogP contribution in [-0.4, -0.2) is 24.0 Å². The lowest BCUT2D eigenvalue weighted by Gasteiger charge is -2.18. The van der Waals surface area contributed by atoms with Crippen LogP contribution >= 0.6 is 0 Å². The maximum atomic E-state index is 13.1. The number of carbonyl (C=O) groups excluding carboxylic acids is 3. The number of alkyl carbamates (subject to hydrolysis) is 1. The number of hydrogen-bond donors (Lipinski definition) is 2. The Morgan fingerprint density at radius 1 is 0.625 bits per heavy atom. The van der Waals surface area contributed by atoms with Crippen LogP contribution in [0.5, 0.6) is 0 Å². The van der Waals surface area contributed by atoms with Crippen molar-refractivity contribution in [1.29, 1.82) is 0 Å². The van der Waals surface area contributed by atoms with Crippen LogP contribution in [0, 0.1) is 0 Å². The quantitative estimate of drug-likeness (QED) is 0.168. The van der Waals surface area contributed by atoms with Gasteiger partial charge in [0.25, 0.3) is 0 Å². The first-order chi connectivity index (χ1) is 19.5. The number of nitrogens with one attached hydrogen (secondary N) is 2. The van der Waals surface area contributed by atoms with Crippen molar-refractivity contribution in [3.63, 3.8) is 0 Å². The molecule has 2 N–H and O–H groups in total. The van der Waals surface area contributed by atoms with Crippen LogP contribution in [0.15, 0.2) is 125 Å². The molecule has 9 heteroatoms. The molecule has 9 nitrogen and oxygen atoms in total. The predicted octanol–water partition coefficient (Wildman–Crippen LogP) is 6.47. The molecule has 0 unspecified atom stereocenters. The van der Waals surface area contributed by atoms with E-state index in [9.17, 15) is 14.4 Å². The molecule has 0 heterocycles. The highest BCUT2D eigenvalue weighted by atomic mass is 16.5. The fraction of sp³-hybridized carbons (Fsp3) is 0.129. The molecule has 0 saturated heterocycles. The monoisotopic (exact) mass is 536 g/mol. The normalized spacial score (nSPS) is 11.4. The number of hydrogen-bond acceptors (Lipinski definition) is 7. The van der Waals surface area contributed by atoms with Crippen LogP contribution in [0.4, 0.5) is 21.9 Å². The van der Waals surface area contributed by atoms with Crippen LogP contribution < -0.4 is 10.6 Å². The van der Waals surface area contributed by atoms with Gasteiger partial charge in [-0.25, -0.2) is 4.79 Å². The van der Waals surface area contributed by atoms with Crippen molar-refractivity contribution in [3.05, 3.63) is 126 Å². The summed E-state index contributed by atoms with van der Waals surface area (Å²) >= 11 is 0. The van der Waals surface area contributed by atoms with E-state index in [1.165, 1.54) is 0 Å². The third-order valence-corrected chi connectivity index (χ3v) is 5.61. The fourth-order valence-corrected chi connectivity index (χ4v) is 3.53. The van der Waals surface area contributed by atoms with Gasteiger partial charge in [-0.2, -0.15) is 10.2 Å². The summed E-state index contributed by atoms with van der Waals surface area (Å²) in [6.07, 6.45) is -1.22. The van der Waals surface area contributed by atoms with E-state index in [1.807, 2.05) is 91.0 Å². The number of rotatable bonds is 11. The molecule has 1 atom stereocenters. The van der Waals surface area contributed by atoms with E-state index >= 15 is 0 Å². The fourth-order valence-electron chi connectivity index (χ4n) is 3.53. The Labute approximate surface area is 231 Å². The van der Waals surface area contributed by atoms with E-state index in [1.54, 1.807) is 24.3 Å². The Morgan fingerprint density at radius 2 is 1.12 bits per heavy atom. The maximum Gasteiger partial charge on any atom is 0.408 e. The third kappa shape index (κ3) is 9.21. The lowest BCUT2D eigenvalue weighted by Crippen LogP contribution is -2.45. The molecule has 4 rings (SSSR count). The number of esters is 1. The second kappa shape index (κ2) is 14.6. The van der Waals surface area contributed by atoms with Gasteiger partial charge in [0.15, 0.2) is 0 Å². The second-order valence-electron chi connectivity index (χ2n) is 8.68. The Morgan fingerprint density at radius 3 is 1.70 bits per heavy atom. The van der Waals surface area contributed by atoms with Gasteiger partial charge in [-0.15, -0.1) is 0 Å². The SMILES string of the molecule is O=C(C[C@@H](NC(=O)OCc1ccccc1)C(=O)Nc1ccc(N=Nc2ccccc2)cc1)OCc1ccccc1. The zero-order chi connectivity index (χ0) is 28.0. The Kier molecular flexibility index (Phi) is 10.1. The number of carbonyl (C=O) groups is 3. The summed E-state index contributed by atoms with van der Waals surface area (Å²) in [5.74, 6) is -1.25. The van der Waals surface area contributed by atoms with E-state index in [0.717, 1.165) is 11.1 Å². The van der Waals surface area contributed by atoms with E-state index in [-0.39, 0.29) is 19.6 Å². The standard InChI is InChI=1S/C31H28N4O5/c36-29(39-21-23-10-4-1-5-11-23)20-28(33-31(38)40-22-24-12-6-2-7-13-24)30(37)32-25-16-18-27(19-17-25)35-34-26-14-8-3-9-15-26/h1-19,28H,20-22H2,(H,32,37)(H,33,38)/t28-/m1/s1. The van der Waals surface area contributed by atoms with Gasteiger partial charge in [0.2, 0.25) is 5.91 Å². The first-order valence-corrected chi connectivity index (χ1v) is 12.6. The highest BCUT2D eigenvalue weighted by Gasteiger charge is 2.26. The molecule has 0 aliphatic rings. The number of amides is 2. The van der Waals surface area contributed by atoms with Gasteiger partial charge in [-0.3, -0.25) is 9.59 Å². The first kappa shape index (κ1) is 27.7. The third-order valence-electron chi connectivity index (χ3n) is 5.61. The molecule has 4 aromatic carbocycles. The average Bonchev–Trinajstić information content (AvgIpc) is 3.00. The molecule has 0 bridgehead atoms. The van der Waals surface area contributed by atoms with Crippen molar-refractivity contribution in [2.75, 3.05) is 5.32 Å². The summed E-state index contributed by atoms with van der Waals surface area (Å²) < 4.78 is 10.6. The number of benzene rings is 4. The van der Waals surface area contributed by atoms with E-state index in [2.05, 4.69) is 20.9 Å². The minimum absolute atomic E-state index is 0.0124. The van der Waals surface area contributed by atoms with E-state index in [0.29, 0.717) is 17.1 Å². The highest BCUT2D eigenvalue weighted by Crippen LogP contribution is 2.20. The lowest BCUT2D eigenvalue weighted by molar-refractivity contribution is -0.146. The molecule has 0 spiro atoms. The summed E-state index contributed by atoms with van der Waals surface area (Å²) in [5.41, 5.74) is 3.34. The topological polar surface area (TPSA) is 118 Å². The number of azo groups is 1.